The summed E-state index contributed by atoms with van der Waals surface area (Å²) in [6.07, 6.45) is 5.89. The zero-order chi connectivity index (χ0) is 21.3. The Morgan fingerprint density at radius 2 is 1.55 bits per heavy atom. The van der Waals surface area contributed by atoms with Crippen molar-refractivity contribution < 1.29 is 35.1 Å². The second-order valence-electron chi connectivity index (χ2n) is 6.28. The van der Waals surface area contributed by atoms with Crippen LogP contribution in [-0.4, -0.2) is 25.4 Å². The van der Waals surface area contributed by atoms with Gasteiger partial charge in [0.2, 0.25) is 15.8 Å². The van der Waals surface area contributed by atoms with Gasteiger partial charge >= 0.3 is 0 Å². The SMILES string of the molecule is C#CCOc1ccccc1CN(C1CC1)S(=O)(=O)c1c(F)c(F)c(F)c(F)c1F. The van der Waals surface area contributed by atoms with Gasteiger partial charge in [-0.25, -0.2) is 30.4 Å². The predicted molar refractivity (Wildman–Crippen MR) is 92.8 cm³/mol. The molecule has 1 saturated carbocycles. The van der Waals surface area contributed by atoms with E-state index in [1.807, 2.05) is 0 Å². The molecule has 0 atom stereocenters. The van der Waals surface area contributed by atoms with Crippen molar-refractivity contribution in [1.82, 2.24) is 4.31 Å². The Balaban J connectivity index is 2.07. The molecule has 0 unspecified atom stereocenters. The Bertz CT molecular complexity index is 1060. The number of hydrogen-bond acceptors (Lipinski definition) is 3. The summed E-state index contributed by atoms with van der Waals surface area (Å²) >= 11 is 0. The van der Waals surface area contributed by atoms with Crippen LogP contribution in [0.2, 0.25) is 0 Å². The zero-order valence-corrected chi connectivity index (χ0v) is 15.6. The molecular weight excluding hydrogens is 417 g/mol. The van der Waals surface area contributed by atoms with Crippen LogP contribution in [0.3, 0.4) is 0 Å². The minimum atomic E-state index is -5.06. The van der Waals surface area contributed by atoms with Crippen molar-refractivity contribution in [3.05, 3.63) is 58.9 Å². The van der Waals surface area contributed by atoms with Crippen LogP contribution in [0.5, 0.6) is 5.75 Å². The molecule has 1 aliphatic rings. The van der Waals surface area contributed by atoms with Gasteiger partial charge in [-0.2, -0.15) is 4.31 Å². The average Bonchev–Trinajstić information content (AvgIpc) is 3.52. The first-order valence-corrected chi connectivity index (χ1v) is 9.81. The molecule has 0 amide bonds. The molecule has 10 heteroatoms. The molecule has 4 nitrogen and oxygen atoms in total. The van der Waals surface area contributed by atoms with Crippen molar-refractivity contribution in [3.8, 4) is 18.1 Å². The van der Waals surface area contributed by atoms with Crippen molar-refractivity contribution in [2.75, 3.05) is 6.61 Å². The van der Waals surface area contributed by atoms with E-state index in [1.54, 1.807) is 12.1 Å². The number of benzene rings is 2. The smallest absolute Gasteiger partial charge is 0.249 e. The molecule has 29 heavy (non-hydrogen) atoms. The molecule has 2 aromatic carbocycles. The number of para-hydroxylation sites is 1. The lowest BCUT2D eigenvalue weighted by molar-refractivity contribution is 0.338. The van der Waals surface area contributed by atoms with Gasteiger partial charge in [0, 0.05) is 18.2 Å². The highest BCUT2D eigenvalue weighted by Gasteiger charge is 2.43. The summed E-state index contributed by atoms with van der Waals surface area (Å²) in [6.45, 7) is -0.502. The molecule has 3 rings (SSSR count). The van der Waals surface area contributed by atoms with Gasteiger partial charge in [-0.1, -0.05) is 24.1 Å². The lowest BCUT2D eigenvalue weighted by atomic mass is 10.2. The van der Waals surface area contributed by atoms with Crippen molar-refractivity contribution in [3.63, 3.8) is 0 Å². The largest absolute Gasteiger partial charge is 0.481 e. The number of sulfonamides is 1. The highest BCUT2D eigenvalue weighted by atomic mass is 32.2. The van der Waals surface area contributed by atoms with Crippen LogP contribution in [-0.2, 0) is 16.6 Å². The minimum Gasteiger partial charge on any atom is -0.481 e. The van der Waals surface area contributed by atoms with Crippen LogP contribution in [0.1, 0.15) is 18.4 Å². The van der Waals surface area contributed by atoms with Gasteiger partial charge in [0.25, 0.3) is 0 Å². The van der Waals surface area contributed by atoms with Crippen LogP contribution in [0, 0.1) is 41.4 Å². The Morgan fingerprint density at radius 3 is 2.10 bits per heavy atom. The molecule has 0 heterocycles. The van der Waals surface area contributed by atoms with Crippen molar-refractivity contribution in [2.45, 2.75) is 30.3 Å². The number of nitrogens with zero attached hydrogens (tertiary/aromatic N) is 1. The normalized spacial score (nSPS) is 14.1. The van der Waals surface area contributed by atoms with Gasteiger partial charge in [0.05, 0.1) is 0 Å². The van der Waals surface area contributed by atoms with Crippen LogP contribution >= 0.6 is 0 Å². The zero-order valence-electron chi connectivity index (χ0n) is 14.8. The number of hydrogen-bond donors (Lipinski definition) is 0. The fourth-order valence-electron chi connectivity index (χ4n) is 2.76. The fraction of sp³-hybridized carbons (Fsp3) is 0.263. The molecule has 0 N–H and O–H groups in total. The third-order valence-corrected chi connectivity index (χ3v) is 6.22. The molecule has 0 radical (unpaired) electrons. The van der Waals surface area contributed by atoms with Crippen molar-refractivity contribution in [2.24, 2.45) is 0 Å². The highest BCUT2D eigenvalue weighted by Crippen LogP contribution is 2.37. The molecule has 0 spiro atoms. The summed E-state index contributed by atoms with van der Waals surface area (Å²) in [4.78, 5) is -1.87. The molecule has 1 fully saturated rings. The summed E-state index contributed by atoms with van der Waals surface area (Å²) in [5.41, 5.74) is 0.321. The predicted octanol–water partition coefficient (Wildman–Crippen LogP) is 3.75. The third-order valence-electron chi connectivity index (χ3n) is 4.30. The van der Waals surface area contributed by atoms with E-state index in [2.05, 4.69) is 5.92 Å². The first kappa shape index (κ1) is 21.1. The van der Waals surface area contributed by atoms with E-state index in [9.17, 15) is 30.4 Å². The van der Waals surface area contributed by atoms with Gasteiger partial charge in [-0.05, 0) is 18.9 Å². The maximum Gasteiger partial charge on any atom is 0.249 e. The van der Waals surface area contributed by atoms with Gasteiger partial charge in [-0.15, -0.1) is 6.42 Å². The monoisotopic (exact) mass is 431 g/mol. The standard InChI is InChI=1S/C19H14F5NO3S/c1-2-9-28-13-6-4-3-5-11(13)10-25(12-7-8-12)29(26,27)19-17(23)15(21)14(20)16(22)18(19)24/h1,3-6,12H,7-10H2. The minimum absolute atomic E-state index is 0.106. The highest BCUT2D eigenvalue weighted by molar-refractivity contribution is 7.89. The number of rotatable bonds is 7. The molecule has 1 aliphatic carbocycles. The summed E-state index contributed by atoms with van der Waals surface area (Å²) in [5, 5.41) is 0. The summed E-state index contributed by atoms with van der Waals surface area (Å²) in [6, 6.07) is 5.57. The van der Waals surface area contributed by atoms with E-state index in [0.29, 0.717) is 22.7 Å². The Labute approximate surface area is 163 Å². The molecule has 0 aromatic heterocycles. The second-order valence-corrected chi connectivity index (χ2v) is 8.11. The molecule has 2 aromatic rings. The maximum absolute atomic E-state index is 14.2. The van der Waals surface area contributed by atoms with E-state index >= 15 is 0 Å². The van der Waals surface area contributed by atoms with Crippen molar-refractivity contribution in [1.29, 1.82) is 0 Å². The van der Waals surface area contributed by atoms with E-state index in [0.717, 1.165) is 0 Å². The van der Waals surface area contributed by atoms with Crippen LogP contribution in [0.15, 0.2) is 29.2 Å². The van der Waals surface area contributed by atoms with Gasteiger partial charge in [0.15, 0.2) is 28.2 Å². The number of terminal acetylenes is 1. The van der Waals surface area contributed by atoms with Crippen LogP contribution in [0.25, 0.3) is 0 Å². The second kappa shape index (κ2) is 8.00. The van der Waals surface area contributed by atoms with E-state index < -0.39 is 56.6 Å². The average molecular weight is 431 g/mol. The molecule has 154 valence electrons. The van der Waals surface area contributed by atoms with E-state index in [-0.39, 0.29) is 12.4 Å². The fourth-order valence-corrected chi connectivity index (χ4v) is 4.54. The Kier molecular flexibility index (Phi) is 5.82. The first-order chi connectivity index (χ1) is 13.7. The van der Waals surface area contributed by atoms with Crippen molar-refractivity contribution >= 4 is 10.0 Å². The molecular formula is C19H14F5NO3S. The van der Waals surface area contributed by atoms with Gasteiger partial charge < -0.3 is 4.74 Å². The third kappa shape index (κ3) is 3.93. The van der Waals surface area contributed by atoms with E-state index in [1.165, 1.54) is 12.1 Å². The quantitative estimate of drug-likeness (QED) is 0.290. The topological polar surface area (TPSA) is 46.6 Å². The first-order valence-electron chi connectivity index (χ1n) is 8.37. The Hall–Kier alpha value is -2.64. The number of halogens is 5. The lowest BCUT2D eigenvalue weighted by Crippen LogP contribution is -2.34. The van der Waals surface area contributed by atoms with E-state index in [4.69, 9.17) is 11.2 Å². The molecule has 0 bridgehead atoms. The molecule has 0 aliphatic heterocycles. The van der Waals surface area contributed by atoms with Crippen LogP contribution < -0.4 is 4.74 Å². The maximum atomic E-state index is 14.2. The van der Waals surface area contributed by atoms with Gasteiger partial charge in [-0.3, -0.25) is 0 Å². The Morgan fingerprint density at radius 1 is 1.00 bits per heavy atom. The summed E-state index contributed by atoms with van der Waals surface area (Å²) < 4.78 is 101. The summed E-state index contributed by atoms with van der Waals surface area (Å²) in [7, 11) is -5.06. The molecule has 0 saturated heterocycles. The van der Waals surface area contributed by atoms with Crippen LogP contribution in [0.4, 0.5) is 22.0 Å². The summed E-state index contributed by atoms with van der Waals surface area (Å²) in [5.74, 6) is -9.38. The lowest BCUT2D eigenvalue weighted by Gasteiger charge is -2.24. The number of ether oxygens (including phenoxy) is 1. The van der Waals surface area contributed by atoms with Gasteiger partial charge in [0.1, 0.15) is 12.4 Å².